The van der Waals surface area contributed by atoms with Gasteiger partial charge in [0.2, 0.25) is 11.9 Å². The SMILES string of the molecule is CC(=O)Nc1ccc(C(=O)OC(=O)C(F)(F)F)cc1-n1ccnc1N. The van der Waals surface area contributed by atoms with E-state index in [2.05, 4.69) is 15.0 Å². The molecule has 0 fully saturated rings. The Balaban J connectivity index is 2.42. The third kappa shape index (κ3) is 4.13. The largest absolute Gasteiger partial charge is 0.491 e. The van der Waals surface area contributed by atoms with Crippen LogP contribution in [0.3, 0.4) is 0 Å². The monoisotopic (exact) mass is 356 g/mol. The minimum atomic E-state index is -5.30. The molecule has 2 rings (SSSR count). The zero-order valence-corrected chi connectivity index (χ0v) is 12.6. The Labute approximate surface area is 138 Å². The molecule has 25 heavy (non-hydrogen) atoms. The van der Waals surface area contributed by atoms with Gasteiger partial charge < -0.3 is 15.8 Å². The van der Waals surface area contributed by atoms with Crippen molar-refractivity contribution >= 4 is 29.5 Å². The second-order valence-electron chi connectivity index (χ2n) is 4.74. The van der Waals surface area contributed by atoms with E-state index < -0.39 is 24.0 Å². The highest BCUT2D eigenvalue weighted by Gasteiger charge is 2.42. The molecule has 3 N–H and O–H groups in total. The molecule has 2 aromatic rings. The molecule has 1 aromatic heterocycles. The average molecular weight is 356 g/mol. The number of nitrogens with zero attached hydrogens (tertiary/aromatic N) is 2. The van der Waals surface area contributed by atoms with E-state index in [0.717, 1.165) is 12.1 Å². The smallest absolute Gasteiger partial charge is 0.383 e. The maximum Gasteiger partial charge on any atom is 0.491 e. The van der Waals surface area contributed by atoms with Crippen molar-refractivity contribution in [1.29, 1.82) is 0 Å². The van der Waals surface area contributed by atoms with Gasteiger partial charge in [-0.1, -0.05) is 0 Å². The van der Waals surface area contributed by atoms with E-state index in [9.17, 15) is 27.6 Å². The molecule has 1 aromatic carbocycles. The van der Waals surface area contributed by atoms with E-state index in [1.54, 1.807) is 0 Å². The van der Waals surface area contributed by atoms with Crippen LogP contribution in [0.25, 0.3) is 5.69 Å². The highest BCUT2D eigenvalue weighted by Crippen LogP contribution is 2.25. The predicted octanol–water partition coefficient (Wildman–Crippen LogP) is 1.66. The molecule has 0 radical (unpaired) electrons. The Morgan fingerprint density at radius 1 is 1.28 bits per heavy atom. The zero-order chi connectivity index (χ0) is 18.8. The van der Waals surface area contributed by atoms with Crippen LogP contribution in [0.15, 0.2) is 30.6 Å². The molecule has 0 atom stereocenters. The van der Waals surface area contributed by atoms with Gasteiger partial charge in [0.1, 0.15) is 0 Å². The summed E-state index contributed by atoms with van der Waals surface area (Å²) >= 11 is 0. The number of aromatic nitrogens is 2. The van der Waals surface area contributed by atoms with Crippen molar-refractivity contribution < 1.29 is 32.3 Å². The number of ether oxygens (including phenoxy) is 1. The summed E-state index contributed by atoms with van der Waals surface area (Å²) in [6, 6.07) is 3.45. The summed E-state index contributed by atoms with van der Waals surface area (Å²) in [5.74, 6) is -4.56. The maximum absolute atomic E-state index is 12.2. The van der Waals surface area contributed by atoms with Crippen LogP contribution in [0.5, 0.6) is 0 Å². The van der Waals surface area contributed by atoms with E-state index in [-0.39, 0.29) is 22.9 Å². The average Bonchev–Trinajstić information content (AvgIpc) is 2.92. The number of nitrogens with one attached hydrogen (secondary N) is 1. The fourth-order valence-corrected chi connectivity index (χ4v) is 1.87. The minimum absolute atomic E-state index is 0.00323. The minimum Gasteiger partial charge on any atom is -0.383 e. The van der Waals surface area contributed by atoms with E-state index in [1.807, 2.05) is 0 Å². The molecule has 8 nitrogen and oxygen atoms in total. The molecule has 0 saturated heterocycles. The summed E-state index contributed by atoms with van der Waals surface area (Å²) < 4.78 is 41.6. The molecule has 132 valence electrons. The van der Waals surface area contributed by atoms with Gasteiger partial charge in [0, 0.05) is 19.3 Å². The van der Waals surface area contributed by atoms with Crippen LogP contribution in [-0.4, -0.2) is 33.6 Å². The number of hydrogen-bond acceptors (Lipinski definition) is 6. The van der Waals surface area contributed by atoms with Gasteiger partial charge in [-0.25, -0.2) is 14.6 Å². The summed E-state index contributed by atoms with van der Waals surface area (Å²) in [5, 5.41) is 2.48. The predicted molar refractivity (Wildman–Crippen MR) is 78.8 cm³/mol. The van der Waals surface area contributed by atoms with Crippen LogP contribution in [0.1, 0.15) is 17.3 Å². The first-order valence-corrected chi connectivity index (χ1v) is 6.63. The van der Waals surface area contributed by atoms with E-state index in [4.69, 9.17) is 5.73 Å². The van der Waals surface area contributed by atoms with Crippen molar-refractivity contribution in [3.05, 3.63) is 36.2 Å². The van der Waals surface area contributed by atoms with Crippen molar-refractivity contribution in [3.8, 4) is 5.69 Å². The lowest BCUT2D eigenvalue weighted by molar-refractivity contribution is -0.193. The highest BCUT2D eigenvalue weighted by molar-refractivity contribution is 6.00. The summed E-state index contributed by atoms with van der Waals surface area (Å²) in [7, 11) is 0. The summed E-state index contributed by atoms with van der Waals surface area (Å²) in [6.45, 7) is 1.24. The molecule has 0 spiro atoms. The van der Waals surface area contributed by atoms with Gasteiger partial charge >= 0.3 is 18.1 Å². The Morgan fingerprint density at radius 3 is 2.48 bits per heavy atom. The van der Waals surface area contributed by atoms with Crippen LogP contribution in [0, 0.1) is 0 Å². The number of carbonyl (C=O) groups is 3. The van der Waals surface area contributed by atoms with E-state index in [1.165, 1.54) is 30.0 Å². The zero-order valence-electron chi connectivity index (χ0n) is 12.6. The number of halogens is 3. The number of benzene rings is 1. The quantitative estimate of drug-likeness (QED) is 0.638. The lowest BCUT2D eigenvalue weighted by Gasteiger charge is -2.13. The number of carbonyl (C=O) groups excluding carboxylic acids is 3. The number of rotatable bonds is 3. The third-order valence-corrected chi connectivity index (χ3v) is 2.89. The van der Waals surface area contributed by atoms with E-state index >= 15 is 0 Å². The molecular weight excluding hydrogens is 345 g/mol. The lowest BCUT2D eigenvalue weighted by atomic mass is 10.1. The first-order chi connectivity index (χ1) is 11.6. The number of hydrogen-bond donors (Lipinski definition) is 2. The van der Waals surface area contributed by atoms with Crippen molar-refractivity contribution in [2.75, 3.05) is 11.1 Å². The maximum atomic E-state index is 12.2. The van der Waals surface area contributed by atoms with Gasteiger partial charge in [0.25, 0.3) is 0 Å². The number of imidazole rings is 1. The number of alkyl halides is 3. The normalized spacial score (nSPS) is 11.0. The molecule has 0 unspecified atom stereocenters. The van der Waals surface area contributed by atoms with Crippen LogP contribution < -0.4 is 11.1 Å². The Morgan fingerprint density at radius 2 is 1.96 bits per heavy atom. The highest BCUT2D eigenvalue weighted by atomic mass is 19.4. The molecule has 0 aliphatic heterocycles. The standard InChI is InChI=1S/C14H11F3N4O4/c1-7(22)20-9-3-2-8(11(23)25-12(24)14(15,16)17)6-10(9)21-5-4-19-13(21)18/h2-6H,1H3,(H2,18,19)(H,20,22). The number of esters is 2. The molecule has 0 bridgehead atoms. The van der Waals surface area contributed by atoms with Gasteiger partial charge in [-0.05, 0) is 18.2 Å². The molecule has 0 aliphatic carbocycles. The number of amides is 1. The topological polar surface area (TPSA) is 116 Å². The number of anilines is 2. The van der Waals surface area contributed by atoms with Crippen molar-refractivity contribution in [3.63, 3.8) is 0 Å². The fraction of sp³-hybridized carbons (Fsp3) is 0.143. The van der Waals surface area contributed by atoms with Crippen LogP contribution in [-0.2, 0) is 14.3 Å². The second-order valence-corrected chi connectivity index (χ2v) is 4.74. The molecule has 1 amide bonds. The molecule has 1 heterocycles. The summed E-state index contributed by atoms with van der Waals surface area (Å²) in [4.78, 5) is 37.6. The number of nitrogen functional groups attached to an aromatic ring is 1. The van der Waals surface area contributed by atoms with Gasteiger partial charge in [0.15, 0.2) is 0 Å². The molecule has 0 saturated carbocycles. The van der Waals surface area contributed by atoms with Crippen molar-refractivity contribution in [1.82, 2.24) is 9.55 Å². The first-order valence-electron chi connectivity index (χ1n) is 6.63. The van der Waals surface area contributed by atoms with Crippen LogP contribution >= 0.6 is 0 Å². The van der Waals surface area contributed by atoms with Gasteiger partial charge in [-0.3, -0.25) is 9.36 Å². The van der Waals surface area contributed by atoms with Crippen molar-refractivity contribution in [2.24, 2.45) is 0 Å². The van der Waals surface area contributed by atoms with Gasteiger partial charge in [-0.2, -0.15) is 13.2 Å². The van der Waals surface area contributed by atoms with Crippen LogP contribution in [0.4, 0.5) is 24.8 Å². The molecule has 0 aliphatic rings. The molecule has 11 heteroatoms. The van der Waals surface area contributed by atoms with Gasteiger partial charge in [-0.15, -0.1) is 0 Å². The Kier molecular flexibility index (Phi) is 4.77. The Bertz CT molecular complexity index is 845. The first kappa shape index (κ1) is 18.0. The third-order valence-electron chi connectivity index (χ3n) is 2.89. The van der Waals surface area contributed by atoms with E-state index in [0.29, 0.717) is 0 Å². The Hall–Kier alpha value is -3.37. The fourth-order valence-electron chi connectivity index (χ4n) is 1.87. The van der Waals surface area contributed by atoms with Gasteiger partial charge in [0.05, 0.1) is 16.9 Å². The summed E-state index contributed by atoms with van der Waals surface area (Å²) in [6.07, 6.45) is -2.56. The summed E-state index contributed by atoms with van der Waals surface area (Å²) in [5.41, 5.74) is 5.67. The lowest BCUT2D eigenvalue weighted by Crippen LogP contribution is -2.28. The molecular formula is C14H11F3N4O4. The van der Waals surface area contributed by atoms with Crippen molar-refractivity contribution in [2.45, 2.75) is 13.1 Å². The number of nitrogens with two attached hydrogens (primary N) is 1. The second kappa shape index (κ2) is 6.63. The van der Waals surface area contributed by atoms with Crippen LogP contribution in [0.2, 0.25) is 0 Å².